The van der Waals surface area contributed by atoms with Gasteiger partial charge in [-0.1, -0.05) is 13.8 Å². The smallest absolute Gasteiger partial charge is 0.224 e. The Hall–Kier alpha value is -1.40. The zero-order valence-corrected chi connectivity index (χ0v) is 13.6. The minimum Gasteiger partial charge on any atom is -0.389 e. The maximum absolute atomic E-state index is 11.9. The van der Waals surface area contributed by atoms with Gasteiger partial charge in [0.15, 0.2) is 0 Å². The summed E-state index contributed by atoms with van der Waals surface area (Å²) in [5.74, 6) is 0.320. The number of amides is 1. The van der Waals surface area contributed by atoms with E-state index in [9.17, 15) is 9.90 Å². The van der Waals surface area contributed by atoms with Crippen LogP contribution in [0, 0.1) is 19.8 Å². The molecule has 0 aromatic carbocycles. The first-order chi connectivity index (χ1) is 9.81. The van der Waals surface area contributed by atoms with Crippen LogP contribution >= 0.6 is 0 Å². The Morgan fingerprint density at radius 2 is 2.05 bits per heavy atom. The van der Waals surface area contributed by atoms with Gasteiger partial charge in [0.1, 0.15) is 0 Å². The van der Waals surface area contributed by atoms with Gasteiger partial charge in [-0.3, -0.25) is 9.48 Å². The summed E-state index contributed by atoms with van der Waals surface area (Å²) in [6.45, 7) is 8.98. The van der Waals surface area contributed by atoms with Crippen molar-refractivity contribution in [3.8, 4) is 0 Å². The second kappa shape index (κ2) is 8.14. The number of carbonyl (C=O) groups excluding carboxylic acids is 1. The quantitative estimate of drug-likeness (QED) is 0.741. The average molecular weight is 297 g/mol. The summed E-state index contributed by atoms with van der Waals surface area (Å²) in [6, 6.07) is 0. The van der Waals surface area contributed by atoms with E-state index in [0.29, 0.717) is 12.5 Å². The van der Waals surface area contributed by atoms with E-state index >= 15 is 0 Å². The molecule has 6 nitrogen and oxygen atoms in total. The van der Waals surface area contributed by atoms with Gasteiger partial charge in [0.05, 0.1) is 24.8 Å². The number of carbonyl (C=O) groups is 1. The molecule has 0 fully saturated rings. The molecule has 0 bridgehead atoms. The largest absolute Gasteiger partial charge is 0.389 e. The average Bonchev–Trinajstić information content (AvgIpc) is 2.62. The molecule has 0 spiro atoms. The van der Waals surface area contributed by atoms with Crippen molar-refractivity contribution < 1.29 is 14.6 Å². The predicted molar refractivity (Wildman–Crippen MR) is 81.1 cm³/mol. The van der Waals surface area contributed by atoms with Crippen LogP contribution in [-0.4, -0.2) is 46.7 Å². The molecule has 0 aliphatic heterocycles. The van der Waals surface area contributed by atoms with Gasteiger partial charge in [0, 0.05) is 31.5 Å². The van der Waals surface area contributed by atoms with Crippen LogP contribution in [0.25, 0.3) is 0 Å². The summed E-state index contributed by atoms with van der Waals surface area (Å²) in [7, 11) is 1.86. The number of nitrogens with one attached hydrogen (secondary N) is 1. The number of hydrogen-bond donors (Lipinski definition) is 2. The molecular weight excluding hydrogens is 270 g/mol. The normalized spacial score (nSPS) is 12.7. The number of aromatic nitrogens is 2. The maximum atomic E-state index is 11.9. The number of nitrogens with zero attached hydrogens (tertiary/aromatic N) is 2. The molecule has 0 saturated carbocycles. The van der Waals surface area contributed by atoms with E-state index < -0.39 is 6.10 Å². The van der Waals surface area contributed by atoms with Crippen LogP contribution in [0.2, 0.25) is 0 Å². The molecule has 2 N–H and O–H groups in total. The van der Waals surface area contributed by atoms with Gasteiger partial charge in [0.2, 0.25) is 5.91 Å². The van der Waals surface area contributed by atoms with Crippen molar-refractivity contribution in [1.29, 1.82) is 0 Å². The third-order valence-corrected chi connectivity index (χ3v) is 3.29. The van der Waals surface area contributed by atoms with E-state index in [1.165, 1.54) is 0 Å². The molecule has 1 atom stereocenters. The molecule has 1 amide bonds. The zero-order chi connectivity index (χ0) is 16.0. The van der Waals surface area contributed by atoms with Gasteiger partial charge in [-0.25, -0.2) is 0 Å². The molecular formula is C15H27N3O3. The summed E-state index contributed by atoms with van der Waals surface area (Å²) in [6.07, 6.45) is -0.394. The third kappa shape index (κ3) is 5.85. The summed E-state index contributed by atoms with van der Waals surface area (Å²) < 4.78 is 7.10. The van der Waals surface area contributed by atoms with Crippen LogP contribution in [0.3, 0.4) is 0 Å². The molecule has 120 valence electrons. The lowest BCUT2D eigenvalue weighted by Gasteiger charge is -2.13. The van der Waals surface area contributed by atoms with Crippen molar-refractivity contribution in [2.24, 2.45) is 13.0 Å². The van der Waals surface area contributed by atoms with Crippen molar-refractivity contribution in [2.75, 3.05) is 19.8 Å². The van der Waals surface area contributed by atoms with E-state index in [1.54, 1.807) is 4.68 Å². The lowest BCUT2D eigenvalue weighted by Crippen LogP contribution is -2.35. The summed E-state index contributed by atoms with van der Waals surface area (Å²) in [5, 5.41) is 16.7. The number of hydrogen-bond acceptors (Lipinski definition) is 4. The number of aliphatic hydroxyl groups is 1. The van der Waals surface area contributed by atoms with Crippen LogP contribution in [0.15, 0.2) is 0 Å². The molecule has 6 heteroatoms. The van der Waals surface area contributed by atoms with Crippen molar-refractivity contribution in [2.45, 2.75) is 40.2 Å². The summed E-state index contributed by atoms with van der Waals surface area (Å²) >= 11 is 0. The second-order valence-corrected chi connectivity index (χ2v) is 5.84. The highest BCUT2D eigenvalue weighted by molar-refractivity contribution is 5.79. The number of ether oxygens (including phenoxy) is 1. The molecule has 0 saturated heterocycles. The van der Waals surface area contributed by atoms with E-state index in [1.807, 2.05) is 34.7 Å². The highest BCUT2D eigenvalue weighted by Gasteiger charge is 2.14. The lowest BCUT2D eigenvalue weighted by atomic mass is 10.1. The fraction of sp³-hybridized carbons (Fsp3) is 0.733. The van der Waals surface area contributed by atoms with Crippen molar-refractivity contribution in [3.05, 3.63) is 17.0 Å². The Morgan fingerprint density at radius 1 is 1.38 bits per heavy atom. The van der Waals surface area contributed by atoms with Gasteiger partial charge < -0.3 is 15.2 Å². The molecule has 0 radical (unpaired) electrons. The highest BCUT2D eigenvalue weighted by Crippen LogP contribution is 2.12. The highest BCUT2D eigenvalue weighted by atomic mass is 16.5. The predicted octanol–water partition coefficient (Wildman–Crippen LogP) is 0.729. The van der Waals surface area contributed by atoms with Crippen molar-refractivity contribution in [1.82, 2.24) is 15.1 Å². The number of rotatable bonds is 8. The Morgan fingerprint density at radius 3 is 2.57 bits per heavy atom. The van der Waals surface area contributed by atoms with Crippen LogP contribution in [0.1, 0.15) is 30.8 Å². The number of aliphatic hydroxyl groups excluding tert-OH is 1. The minimum absolute atomic E-state index is 0.114. The van der Waals surface area contributed by atoms with Gasteiger partial charge in [0.25, 0.3) is 0 Å². The van der Waals surface area contributed by atoms with E-state index in [2.05, 4.69) is 10.4 Å². The molecule has 1 aromatic heterocycles. The fourth-order valence-corrected chi connectivity index (χ4v) is 2.03. The minimum atomic E-state index is -0.677. The standard InChI is InChI=1S/C15H27N3O3/c1-10(2)8-21-9-13(19)7-16-15(20)6-14-11(3)17-18(5)12(14)4/h10,13,19H,6-9H2,1-5H3,(H,16,20). The van der Waals surface area contributed by atoms with Gasteiger partial charge in [-0.2, -0.15) is 5.10 Å². The Bertz CT molecular complexity index is 469. The number of aryl methyl sites for hydroxylation is 2. The van der Waals surface area contributed by atoms with E-state index in [4.69, 9.17) is 4.74 Å². The summed E-state index contributed by atoms with van der Waals surface area (Å²) in [5.41, 5.74) is 2.80. The van der Waals surface area contributed by atoms with E-state index in [0.717, 1.165) is 17.0 Å². The second-order valence-electron chi connectivity index (χ2n) is 5.84. The Labute approximate surface area is 126 Å². The maximum Gasteiger partial charge on any atom is 0.224 e. The SMILES string of the molecule is Cc1nn(C)c(C)c1CC(=O)NCC(O)COCC(C)C. The molecule has 21 heavy (non-hydrogen) atoms. The van der Waals surface area contributed by atoms with Gasteiger partial charge in [-0.05, 0) is 19.8 Å². The lowest BCUT2D eigenvalue weighted by molar-refractivity contribution is -0.121. The van der Waals surface area contributed by atoms with Crippen LogP contribution in [0.5, 0.6) is 0 Å². The van der Waals surface area contributed by atoms with Crippen LogP contribution in [0.4, 0.5) is 0 Å². The van der Waals surface area contributed by atoms with Crippen molar-refractivity contribution in [3.63, 3.8) is 0 Å². The van der Waals surface area contributed by atoms with Gasteiger partial charge in [-0.15, -0.1) is 0 Å². The zero-order valence-electron chi connectivity index (χ0n) is 13.6. The Kier molecular flexibility index (Phi) is 6.84. The van der Waals surface area contributed by atoms with Crippen LogP contribution in [-0.2, 0) is 23.0 Å². The first kappa shape index (κ1) is 17.7. The first-order valence-electron chi connectivity index (χ1n) is 7.32. The monoisotopic (exact) mass is 297 g/mol. The van der Waals surface area contributed by atoms with Crippen molar-refractivity contribution >= 4 is 5.91 Å². The molecule has 1 rings (SSSR count). The molecule has 0 aliphatic rings. The van der Waals surface area contributed by atoms with E-state index in [-0.39, 0.29) is 25.5 Å². The van der Waals surface area contributed by atoms with Gasteiger partial charge >= 0.3 is 0 Å². The fourth-order valence-electron chi connectivity index (χ4n) is 2.03. The van der Waals surface area contributed by atoms with Crippen LogP contribution < -0.4 is 5.32 Å². The Balaban J connectivity index is 2.34. The molecule has 1 unspecified atom stereocenters. The topological polar surface area (TPSA) is 76.4 Å². The molecule has 0 aliphatic carbocycles. The molecule has 1 aromatic rings. The summed E-state index contributed by atoms with van der Waals surface area (Å²) in [4.78, 5) is 11.9. The third-order valence-electron chi connectivity index (χ3n) is 3.29. The first-order valence-corrected chi connectivity index (χ1v) is 7.32. The molecule has 1 heterocycles.